The summed E-state index contributed by atoms with van der Waals surface area (Å²) in [6, 6.07) is 11.0. The molecule has 0 aliphatic heterocycles. The number of aromatic nitrogens is 5. The molecule has 8 nitrogen and oxygen atoms in total. The van der Waals surface area contributed by atoms with Crippen LogP contribution < -0.4 is 10.9 Å². The Labute approximate surface area is 167 Å². The van der Waals surface area contributed by atoms with E-state index >= 15 is 0 Å². The topological polar surface area (TPSA) is 86.7 Å². The highest BCUT2D eigenvalue weighted by Gasteiger charge is 2.22. The zero-order valence-corrected chi connectivity index (χ0v) is 17.0. The second-order valence-corrected chi connectivity index (χ2v) is 7.11. The number of fused-ring (bicyclic) bond motifs is 1. The number of hydrogen-bond donors (Lipinski definition) is 1. The van der Waals surface area contributed by atoms with Gasteiger partial charge in [0.2, 0.25) is 0 Å². The van der Waals surface area contributed by atoms with Crippen LogP contribution in [0.3, 0.4) is 0 Å². The lowest BCUT2D eigenvalue weighted by Crippen LogP contribution is -2.23. The molecule has 1 amide bonds. The number of benzene rings is 1. The Morgan fingerprint density at radius 2 is 1.76 bits per heavy atom. The lowest BCUT2D eigenvalue weighted by Gasteiger charge is -2.07. The van der Waals surface area contributed by atoms with Gasteiger partial charge in [0.1, 0.15) is 5.69 Å². The summed E-state index contributed by atoms with van der Waals surface area (Å²) in [4.78, 5) is 30.7. The van der Waals surface area contributed by atoms with E-state index in [4.69, 9.17) is 0 Å². The molecule has 0 spiro atoms. The van der Waals surface area contributed by atoms with Gasteiger partial charge in [-0.05, 0) is 39.0 Å². The van der Waals surface area contributed by atoms with E-state index in [2.05, 4.69) is 15.4 Å². The van der Waals surface area contributed by atoms with Crippen molar-refractivity contribution in [3.05, 3.63) is 69.4 Å². The van der Waals surface area contributed by atoms with Crippen molar-refractivity contribution in [2.45, 2.75) is 20.8 Å². The SMILES string of the molecule is Cc1cc(C(=O)Nc2c(C)n(C)n(-c3ccccc3)c2=O)c2c(C)nn(C)c2n1. The quantitative estimate of drug-likeness (QED) is 0.583. The fraction of sp³-hybridized carbons (Fsp3) is 0.238. The molecule has 0 aliphatic rings. The zero-order chi connectivity index (χ0) is 20.9. The number of pyridine rings is 1. The first-order valence-corrected chi connectivity index (χ1v) is 9.26. The summed E-state index contributed by atoms with van der Waals surface area (Å²) in [7, 11) is 3.59. The summed E-state index contributed by atoms with van der Waals surface area (Å²) in [5.74, 6) is -0.359. The van der Waals surface area contributed by atoms with Gasteiger partial charge in [-0.15, -0.1) is 0 Å². The molecule has 8 heteroatoms. The number of nitrogens with zero attached hydrogens (tertiary/aromatic N) is 5. The van der Waals surface area contributed by atoms with Crippen molar-refractivity contribution >= 4 is 22.6 Å². The van der Waals surface area contributed by atoms with E-state index < -0.39 is 0 Å². The number of rotatable bonds is 3. The highest BCUT2D eigenvalue weighted by molar-refractivity contribution is 6.12. The Morgan fingerprint density at radius 3 is 2.45 bits per heavy atom. The first-order valence-electron chi connectivity index (χ1n) is 9.26. The van der Waals surface area contributed by atoms with Crippen molar-refractivity contribution < 1.29 is 4.79 Å². The molecule has 0 bridgehead atoms. The molecule has 148 valence electrons. The van der Waals surface area contributed by atoms with E-state index in [1.165, 1.54) is 4.68 Å². The number of anilines is 1. The van der Waals surface area contributed by atoms with Gasteiger partial charge in [0, 0.05) is 19.8 Å². The van der Waals surface area contributed by atoms with Crippen molar-refractivity contribution in [3.63, 3.8) is 0 Å². The van der Waals surface area contributed by atoms with Crippen LogP contribution in [0.25, 0.3) is 16.7 Å². The van der Waals surface area contributed by atoms with Crippen molar-refractivity contribution in [1.82, 2.24) is 24.1 Å². The van der Waals surface area contributed by atoms with Gasteiger partial charge >= 0.3 is 0 Å². The second-order valence-electron chi connectivity index (χ2n) is 7.11. The summed E-state index contributed by atoms with van der Waals surface area (Å²) in [6.07, 6.45) is 0. The minimum Gasteiger partial charge on any atom is -0.316 e. The van der Waals surface area contributed by atoms with Crippen LogP contribution in [0.5, 0.6) is 0 Å². The lowest BCUT2D eigenvalue weighted by molar-refractivity contribution is 0.102. The van der Waals surface area contributed by atoms with Crippen LogP contribution >= 0.6 is 0 Å². The van der Waals surface area contributed by atoms with Crippen LogP contribution in [0.4, 0.5) is 5.69 Å². The normalized spacial score (nSPS) is 11.2. The van der Waals surface area contributed by atoms with Crippen molar-refractivity contribution in [2.75, 3.05) is 5.32 Å². The molecule has 1 N–H and O–H groups in total. The van der Waals surface area contributed by atoms with Gasteiger partial charge in [0.15, 0.2) is 5.65 Å². The van der Waals surface area contributed by atoms with Gasteiger partial charge in [-0.25, -0.2) is 9.67 Å². The summed E-state index contributed by atoms with van der Waals surface area (Å²) in [6.45, 7) is 5.47. The van der Waals surface area contributed by atoms with Crippen molar-refractivity contribution in [3.8, 4) is 5.69 Å². The predicted molar refractivity (Wildman–Crippen MR) is 112 cm³/mol. The monoisotopic (exact) mass is 390 g/mol. The van der Waals surface area contributed by atoms with Crippen LogP contribution in [-0.4, -0.2) is 30.0 Å². The summed E-state index contributed by atoms with van der Waals surface area (Å²) >= 11 is 0. The minimum absolute atomic E-state index is 0.255. The molecule has 29 heavy (non-hydrogen) atoms. The first kappa shape index (κ1) is 18.7. The summed E-state index contributed by atoms with van der Waals surface area (Å²) < 4.78 is 4.92. The van der Waals surface area contributed by atoms with Crippen molar-refractivity contribution in [1.29, 1.82) is 0 Å². The fourth-order valence-electron chi connectivity index (χ4n) is 3.64. The van der Waals surface area contributed by atoms with Crippen LogP contribution in [0, 0.1) is 20.8 Å². The minimum atomic E-state index is -0.359. The van der Waals surface area contributed by atoms with Crippen molar-refractivity contribution in [2.24, 2.45) is 14.1 Å². The molecule has 1 aromatic carbocycles. The average Bonchev–Trinajstić information content (AvgIpc) is 3.09. The highest BCUT2D eigenvalue weighted by atomic mass is 16.2. The third-order valence-electron chi connectivity index (χ3n) is 5.13. The maximum absolute atomic E-state index is 13.2. The maximum Gasteiger partial charge on any atom is 0.295 e. The molecule has 0 radical (unpaired) electrons. The Balaban J connectivity index is 1.82. The van der Waals surface area contributed by atoms with Gasteiger partial charge in [-0.1, -0.05) is 18.2 Å². The van der Waals surface area contributed by atoms with Crippen LogP contribution in [0.1, 0.15) is 27.4 Å². The predicted octanol–water partition coefficient (Wildman–Crippen LogP) is 2.64. The Morgan fingerprint density at radius 1 is 1.07 bits per heavy atom. The molecule has 3 aromatic heterocycles. The Kier molecular flexibility index (Phi) is 4.34. The number of carbonyl (C=O) groups is 1. The molecular formula is C21H22N6O2. The second kappa shape index (κ2) is 6.73. The molecule has 3 heterocycles. The number of amides is 1. The highest BCUT2D eigenvalue weighted by Crippen LogP contribution is 2.23. The Bertz CT molecular complexity index is 1310. The number of hydrogen-bond acceptors (Lipinski definition) is 4. The molecule has 0 atom stereocenters. The first-order chi connectivity index (χ1) is 13.8. The molecule has 0 fully saturated rings. The standard InChI is InChI=1S/C21H22N6O2/c1-12-11-16(17-13(2)24-25(4)19(17)22-12)20(28)23-18-14(3)26(5)27(21(18)29)15-9-7-6-8-10-15/h6-11H,1-5H3,(H,23,28). The van der Waals surface area contributed by atoms with Gasteiger partial charge in [-0.3, -0.25) is 19.0 Å². The fourth-order valence-corrected chi connectivity index (χ4v) is 3.64. The number of carbonyl (C=O) groups excluding carboxylic acids is 1. The maximum atomic E-state index is 13.2. The van der Waals surface area contributed by atoms with Gasteiger partial charge in [0.05, 0.1) is 28.0 Å². The lowest BCUT2D eigenvalue weighted by atomic mass is 10.1. The molecule has 4 rings (SSSR count). The van der Waals surface area contributed by atoms with Crippen LogP contribution in [0.2, 0.25) is 0 Å². The van der Waals surface area contributed by atoms with E-state index in [0.29, 0.717) is 33.7 Å². The number of nitrogens with one attached hydrogen (secondary N) is 1. The summed E-state index contributed by atoms with van der Waals surface area (Å²) in [5, 5.41) is 7.89. The zero-order valence-electron chi connectivity index (χ0n) is 17.0. The molecule has 0 unspecified atom stereocenters. The smallest absolute Gasteiger partial charge is 0.295 e. The van der Waals surface area contributed by atoms with E-state index in [-0.39, 0.29) is 17.2 Å². The van der Waals surface area contributed by atoms with E-state index in [9.17, 15) is 9.59 Å². The largest absolute Gasteiger partial charge is 0.316 e. The Hall–Kier alpha value is -3.68. The molecule has 0 saturated heterocycles. The molecule has 4 aromatic rings. The number of aryl methyl sites for hydroxylation is 3. The van der Waals surface area contributed by atoms with Gasteiger partial charge < -0.3 is 5.32 Å². The summed E-state index contributed by atoms with van der Waals surface area (Å²) in [5.41, 5.74) is 3.88. The molecule has 0 saturated carbocycles. The van der Waals surface area contributed by atoms with E-state index in [1.807, 2.05) is 44.2 Å². The molecule has 0 aliphatic carbocycles. The van der Waals surface area contributed by atoms with E-state index in [1.54, 1.807) is 36.4 Å². The third-order valence-corrected chi connectivity index (χ3v) is 5.13. The van der Waals surface area contributed by atoms with Gasteiger partial charge in [-0.2, -0.15) is 5.10 Å². The van der Waals surface area contributed by atoms with Crippen LogP contribution in [-0.2, 0) is 14.1 Å². The van der Waals surface area contributed by atoms with E-state index in [0.717, 1.165) is 5.69 Å². The van der Waals surface area contributed by atoms with Gasteiger partial charge in [0.25, 0.3) is 11.5 Å². The molecular weight excluding hydrogens is 368 g/mol. The average molecular weight is 390 g/mol. The number of para-hydroxylation sites is 1. The van der Waals surface area contributed by atoms with Crippen LogP contribution in [0.15, 0.2) is 41.2 Å². The third kappa shape index (κ3) is 2.93.